The molecule has 5 aromatic rings. The van der Waals surface area contributed by atoms with Crippen LogP contribution in [0.2, 0.25) is 0 Å². The van der Waals surface area contributed by atoms with Crippen LogP contribution in [0.4, 0.5) is 5.69 Å². The van der Waals surface area contributed by atoms with E-state index in [0.29, 0.717) is 5.68 Å². The van der Waals surface area contributed by atoms with Crippen LogP contribution < -0.4 is 5.68 Å². The van der Waals surface area contributed by atoms with Gasteiger partial charge in [-0.05, 0) is 31.2 Å². The number of aromatic nitrogens is 1. The summed E-state index contributed by atoms with van der Waals surface area (Å²) in [5, 5.41) is 0. The average molecular weight is 402 g/mol. The summed E-state index contributed by atoms with van der Waals surface area (Å²) in [5.74, 6) is 0.794. The zero-order valence-electron chi connectivity index (χ0n) is 17.3. The monoisotopic (exact) mass is 402 g/mol. The second-order valence-electron chi connectivity index (χ2n) is 7.41. The first-order valence-electron chi connectivity index (χ1n) is 10.3. The van der Waals surface area contributed by atoms with Crippen molar-refractivity contribution in [3.05, 3.63) is 127 Å². The molecule has 0 saturated carbocycles. The summed E-state index contributed by atoms with van der Waals surface area (Å²) in [4.78, 5) is 4.87. The summed E-state index contributed by atoms with van der Waals surface area (Å²) < 4.78 is 8.57. The topological polar surface area (TPSA) is 30.4 Å². The molecule has 0 N–H and O–H groups in total. The molecule has 0 aliphatic carbocycles. The Morgan fingerprint density at radius 1 is 0.613 bits per heavy atom. The van der Waals surface area contributed by atoms with Crippen molar-refractivity contribution in [3.63, 3.8) is 0 Å². The van der Waals surface area contributed by atoms with Crippen LogP contribution >= 0.6 is 0 Å². The van der Waals surface area contributed by atoms with E-state index in [1.807, 2.05) is 66.7 Å². The third-order valence-electron chi connectivity index (χ3n) is 5.18. The van der Waals surface area contributed by atoms with Crippen molar-refractivity contribution in [2.75, 3.05) is 0 Å². The number of benzene rings is 4. The maximum Gasteiger partial charge on any atom is 0.307 e. The Labute approximate surface area is 181 Å². The Bertz CT molecular complexity index is 1350. The second kappa shape index (κ2) is 8.33. The molecule has 3 nitrogen and oxygen atoms in total. The van der Waals surface area contributed by atoms with Crippen LogP contribution in [0.5, 0.6) is 0 Å². The summed E-state index contributed by atoms with van der Waals surface area (Å²) in [5.41, 5.74) is 6.65. The van der Waals surface area contributed by atoms with Gasteiger partial charge in [0, 0.05) is 11.1 Å². The van der Waals surface area contributed by atoms with Gasteiger partial charge in [-0.25, -0.2) is 0 Å². The van der Waals surface area contributed by atoms with Gasteiger partial charge in [0.25, 0.3) is 0 Å². The highest BCUT2D eigenvalue weighted by molar-refractivity contribution is 5.78. The van der Waals surface area contributed by atoms with E-state index < -0.39 is 0 Å². The number of aryl methyl sites for hydroxylation is 1. The normalized spacial score (nSPS) is 11.6. The van der Waals surface area contributed by atoms with E-state index in [4.69, 9.17) is 9.41 Å². The van der Waals surface area contributed by atoms with Gasteiger partial charge in [0.2, 0.25) is 0 Å². The molecule has 4 aromatic carbocycles. The fourth-order valence-electron chi connectivity index (χ4n) is 3.64. The smallest absolute Gasteiger partial charge is 0.307 e. The first-order valence-corrected chi connectivity index (χ1v) is 10.3. The summed E-state index contributed by atoms with van der Waals surface area (Å²) >= 11 is 0. The lowest BCUT2D eigenvalue weighted by molar-refractivity contribution is 0.499. The molecule has 0 saturated heterocycles. The number of para-hydroxylation sites is 1. The van der Waals surface area contributed by atoms with Gasteiger partial charge in [0.05, 0.1) is 11.4 Å². The van der Waals surface area contributed by atoms with Crippen molar-refractivity contribution in [1.82, 2.24) is 4.57 Å². The molecule has 3 heteroatoms. The van der Waals surface area contributed by atoms with Gasteiger partial charge in [0.15, 0.2) is 5.76 Å². The van der Waals surface area contributed by atoms with Crippen molar-refractivity contribution >= 4 is 5.69 Å². The summed E-state index contributed by atoms with van der Waals surface area (Å²) in [6.45, 7) is 2.09. The lowest BCUT2D eigenvalue weighted by Crippen LogP contribution is -2.15. The molecule has 0 atom stereocenters. The molecule has 1 aromatic heterocycles. The highest BCUT2D eigenvalue weighted by Gasteiger charge is 2.20. The number of rotatable bonds is 4. The van der Waals surface area contributed by atoms with Gasteiger partial charge in [-0.2, -0.15) is 4.99 Å². The Hall–Kier alpha value is -4.11. The van der Waals surface area contributed by atoms with Crippen LogP contribution in [0.1, 0.15) is 5.56 Å². The Morgan fingerprint density at radius 3 is 1.77 bits per heavy atom. The fourth-order valence-corrected chi connectivity index (χ4v) is 3.64. The van der Waals surface area contributed by atoms with Crippen molar-refractivity contribution in [3.8, 4) is 28.3 Å². The molecule has 0 bridgehead atoms. The fraction of sp³-hybridized carbons (Fsp3) is 0.0357. The van der Waals surface area contributed by atoms with Crippen molar-refractivity contribution in [2.45, 2.75) is 6.92 Å². The number of oxazole rings is 1. The molecule has 0 spiro atoms. The average Bonchev–Trinajstić information content (AvgIpc) is 3.20. The highest BCUT2D eigenvalue weighted by Crippen LogP contribution is 2.33. The van der Waals surface area contributed by atoms with Gasteiger partial charge in [-0.15, -0.1) is 0 Å². The molecule has 150 valence electrons. The van der Waals surface area contributed by atoms with E-state index in [1.165, 1.54) is 5.56 Å². The van der Waals surface area contributed by atoms with E-state index in [1.54, 1.807) is 0 Å². The van der Waals surface area contributed by atoms with Crippen molar-refractivity contribution < 1.29 is 4.42 Å². The lowest BCUT2D eigenvalue weighted by atomic mass is 10.1. The molecular formula is C28H22N2O. The van der Waals surface area contributed by atoms with Crippen molar-refractivity contribution in [1.29, 1.82) is 0 Å². The van der Waals surface area contributed by atoms with Crippen molar-refractivity contribution in [2.24, 2.45) is 4.99 Å². The maximum absolute atomic E-state index is 6.47. The van der Waals surface area contributed by atoms with E-state index >= 15 is 0 Å². The van der Waals surface area contributed by atoms with Gasteiger partial charge in [0.1, 0.15) is 5.69 Å². The van der Waals surface area contributed by atoms with Gasteiger partial charge in [-0.3, -0.25) is 4.57 Å². The minimum atomic E-state index is 0.535. The molecule has 1 heterocycles. The third-order valence-corrected chi connectivity index (χ3v) is 5.18. The van der Waals surface area contributed by atoms with Gasteiger partial charge >= 0.3 is 5.68 Å². The summed E-state index contributed by atoms with van der Waals surface area (Å²) in [7, 11) is 0. The van der Waals surface area contributed by atoms with Crippen LogP contribution in [0.25, 0.3) is 28.3 Å². The predicted molar refractivity (Wildman–Crippen MR) is 125 cm³/mol. The van der Waals surface area contributed by atoms with Gasteiger partial charge < -0.3 is 4.42 Å². The standard InChI is InChI=1S/C28H22N2O/c1-21-17-19-25(20-18-21)30-26(22-11-5-2-6-12-22)27(23-13-7-3-8-14-23)31-28(30)29-24-15-9-4-10-16-24/h2-20H,1H3. The Morgan fingerprint density at radius 2 is 1.16 bits per heavy atom. The molecule has 0 radical (unpaired) electrons. The molecule has 0 aliphatic heterocycles. The van der Waals surface area contributed by atoms with Crippen LogP contribution in [0.3, 0.4) is 0 Å². The van der Waals surface area contributed by atoms with Crippen LogP contribution in [0, 0.1) is 6.92 Å². The zero-order chi connectivity index (χ0) is 21.0. The first-order chi connectivity index (χ1) is 15.3. The minimum absolute atomic E-state index is 0.535. The SMILES string of the molecule is Cc1ccc(-n2c(-c3ccccc3)c(-c3ccccc3)oc2=Nc2ccccc2)cc1. The lowest BCUT2D eigenvalue weighted by Gasteiger charge is -2.10. The van der Waals surface area contributed by atoms with Crippen LogP contribution in [-0.2, 0) is 0 Å². The highest BCUT2D eigenvalue weighted by atomic mass is 16.4. The molecule has 0 aliphatic rings. The second-order valence-corrected chi connectivity index (χ2v) is 7.41. The quantitative estimate of drug-likeness (QED) is 0.320. The molecule has 0 amide bonds. The van der Waals surface area contributed by atoms with E-state index in [0.717, 1.165) is 34.0 Å². The maximum atomic E-state index is 6.47. The first kappa shape index (κ1) is 18.9. The third kappa shape index (κ3) is 3.86. The van der Waals surface area contributed by atoms with E-state index in [9.17, 15) is 0 Å². The van der Waals surface area contributed by atoms with Crippen LogP contribution in [-0.4, -0.2) is 4.57 Å². The van der Waals surface area contributed by atoms with E-state index in [2.05, 4.69) is 60.0 Å². The largest absolute Gasteiger partial charge is 0.422 e. The molecule has 31 heavy (non-hydrogen) atoms. The summed E-state index contributed by atoms with van der Waals surface area (Å²) in [6.07, 6.45) is 0. The molecule has 0 unspecified atom stereocenters. The zero-order valence-corrected chi connectivity index (χ0v) is 17.3. The number of hydrogen-bond acceptors (Lipinski definition) is 2. The Balaban J connectivity index is 1.88. The van der Waals surface area contributed by atoms with E-state index in [-0.39, 0.29) is 0 Å². The number of nitrogens with zero attached hydrogens (tertiary/aromatic N) is 2. The predicted octanol–water partition coefficient (Wildman–Crippen LogP) is 6.95. The van der Waals surface area contributed by atoms with Gasteiger partial charge in [-0.1, -0.05) is 96.6 Å². The molecule has 0 fully saturated rings. The van der Waals surface area contributed by atoms with Crippen LogP contribution in [0.15, 0.2) is 125 Å². The number of hydrogen-bond donors (Lipinski definition) is 0. The minimum Gasteiger partial charge on any atom is -0.422 e. The summed E-state index contributed by atoms with van der Waals surface area (Å²) in [6, 6.07) is 38.9. The molecular weight excluding hydrogens is 380 g/mol. The molecule has 5 rings (SSSR count). The Kier molecular flexibility index (Phi) is 5.07.